The summed E-state index contributed by atoms with van der Waals surface area (Å²) < 4.78 is 47.1. The summed E-state index contributed by atoms with van der Waals surface area (Å²) in [6.07, 6.45) is -3.88. The van der Waals surface area contributed by atoms with E-state index in [2.05, 4.69) is 51.9 Å². The van der Waals surface area contributed by atoms with Gasteiger partial charge in [-0.3, -0.25) is 0 Å². The maximum atomic E-state index is 13.6. The molecule has 39 heavy (non-hydrogen) atoms. The number of benzene rings is 5. The Morgan fingerprint density at radius 1 is 0.538 bits per heavy atom. The normalized spacial score (nSPS) is 12.9. The molecular weight excluding hydrogens is 580 g/mol. The van der Waals surface area contributed by atoms with E-state index in [4.69, 9.17) is 4.74 Å². The summed E-state index contributed by atoms with van der Waals surface area (Å²) in [7, 11) is 0. The fourth-order valence-corrected chi connectivity index (χ4v) is 12.8. The molecule has 0 saturated carbocycles. The first-order valence-electron chi connectivity index (χ1n) is 12.6. The monoisotopic (exact) mass is 606 g/mol. The van der Waals surface area contributed by atoms with Crippen LogP contribution in [0, 0.1) is 0 Å². The average Bonchev–Trinajstić information content (AvgIpc) is 2.98. The van der Waals surface area contributed by atoms with Crippen molar-refractivity contribution in [2.24, 2.45) is 0 Å². The van der Waals surface area contributed by atoms with E-state index in [1.54, 1.807) is 6.07 Å². The van der Waals surface area contributed by atoms with Gasteiger partial charge in [-0.1, -0.05) is 0 Å². The molecular formula is C33H27BrF3OP. The van der Waals surface area contributed by atoms with Gasteiger partial charge >= 0.3 is 236 Å². The molecule has 0 aromatic heterocycles. The fourth-order valence-electron chi connectivity index (χ4n) is 5.11. The third-order valence-electron chi connectivity index (χ3n) is 7.03. The molecule has 0 aliphatic carbocycles. The number of hydrogen-bond acceptors (Lipinski definition) is 1. The zero-order valence-corrected chi connectivity index (χ0v) is 23.5. The van der Waals surface area contributed by atoms with E-state index in [0.717, 1.165) is 27.5 Å². The Hall–Kier alpha value is -3.40. The molecule has 0 spiro atoms. The summed E-state index contributed by atoms with van der Waals surface area (Å²) in [5.41, 5.74) is 0.332. The Kier molecular flexibility index (Phi) is 7.66. The van der Waals surface area contributed by atoms with Crippen LogP contribution in [0.25, 0.3) is 0 Å². The van der Waals surface area contributed by atoms with E-state index in [0.29, 0.717) is 11.9 Å². The first kappa shape index (κ1) is 27.2. The van der Waals surface area contributed by atoms with Crippen LogP contribution >= 0.6 is 20.8 Å². The van der Waals surface area contributed by atoms with Gasteiger partial charge in [0, 0.05) is 0 Å². The number of halogens is 4. The molecule has 0 fully saturated rings. The van der Waals surface area contributed by atoms with Gasteiger partial charge in [0.15, 0.2) is 0 Å². The fraction of sp³-hybridized carbons (Fsp3) is 0.0909. The molecule has 6 heteroatoms. The minimum atomic E-state index is -4.45. The topological polar surface area (TPSA) is 9.23 Å². The summed E-state index contributed by atoms with van der Waals surface area (Å²) in [6.45, 7) is -0.188. The number of para-hydroxylation sites is 1. The Bertz CT molecular complexity index is 1440. The van der Waals surface area contributed by atoms with Gasteiger partial charge in [0.2, 0.25) is 0 Å². The molecule has 0 heterocycles. The van der Waals surface area contributed by atoms with Crippen molar-refractivity contribution in [2.45, 2.75) is 18.9 Å². The zero-order valence-electron chi connectivity index (χ0n) is 21.1. The van der Waals surface area contributed by atoms with Gasteiger partial charge in [0.1, 0.15) is 0 Å². The van der Waals surface area contributed by atoms with E-state index in [9.17, 15) is 13.2 Å². The zero-order chi connectivity index (χ0) is 27.4. The van der Waals surface area contributed by atoms with Crippen molar-refractivity contribution in [3.8, 4) is 5.75 Å². The van der Waals surface area contributed by atoms with E-state index in [1.165, 1.54) is 12.1 Å². The van der Waals surface area contributed by atoms with Crippen molar-refractivity contribution in [1.29, 1.82) is 0 Å². The van der Waals surface area contributed by atoms with Crippen LogP contribution in [0.1, 0.15) is 16.7 Å². The molecule has 5 aromatic carbocycles. The molecule has 1 nitrogen and oxygen atoms in total. The molecule has 0 bridgehead atoms. The molecule has 0 aliphatic rings. The van der Waals surface area contributed by atoms with Crippen molar-refractivity contribution in [2.75, 3.05) is 0 Å². The van der Waals surface area contributed by atoms with Gasteiger partial charge in [0.05, 0.1) is 0 Å². The second kappa shape index (κ2) is 11.0. The Balaban J connectivity index is 1.65. The Labute approximate surface area is 235 Å². The van der Waals surface area contributed by atoms with E-state index >= 15 is 0 Å². The third kappa shape index (κ3) is 5.26. The number of alkyl halides is 3. The molecule has 5 aromatic rings. The molecule has 0 aliphatic heterocycles. The van der Waals surface area contributed by atoms with Crippen LogP contribution in [0.5, 0.6) is 5.75 Å². The van der Waals surface area contributed by atoms with E-state index in [-0.39, 0.29) is 12.2 Å². The van der Waals surface area contributed by atoms with Crippen LogP contribution in [-0.2, 0) is 18.9 Å². The van der Waals surface area contributed by atoms with Gasteiger partial charge in [-0.25, -0.2) is 0 Å². The summed E-state index contributed by atoms with van der Waals surface area (Å²) >= 11 is 4.45. The minimum absolute atomic E-state index is 0.102. The molecule has 0 N–H and O–H groups in total. The van der Waals surface area contributed by atoms with Gasteiger partial charge in [-0.05, 0) is 0 Å². The molecule has 5 rings (SSSR count). The molecule has 0 radical (unpaired) electrons. The third-order valence-corrected chi connectivity index (χ3v) is 16.5. The first-order valence-corrected chi connectivity index (χ1v) is 17.0. The molecule has 198 valence electrons. The van der Waals surface area contributed by atoms with Gasteiger partial charge in [-0.15, -0.1) is 0 Å². The summed E-state index contributed by atoms with van der Waals surface area (Å²) in [5.74, 6) is 0.561. The molecule has 0 atom stereocenters. The number of hydrogen-bond donors (Lipinski definition) is 0. The van der Waals surface area contributed by atoms with Crippen LogP contribution in [0.2, 0.25) is 0 Å². The van der Waals surface area contributed by atoms with E-state index in [1.807, 2.05) is 78.9 Å². The van der Waals surface area contributed by atoms with Crippen LogP contribution < -0.4 is 20.7 Å². The predicted octanol–water partition coefficient (Wildman–Crippen LogP) is 8.62. The van der Waals surface area contributed by atoms with Crippen molar-refractivity contribution >= 4 is 36.7 Å². The summed E-state index contributed by atoms with van der Waals surface area (Å²) in [5, 5.41) is 0.136. The second-order valence-electron chi connectivity index (χ2n) is 9.40. The van der Waals surface area contributed by atoms with Crippen LogP contribution in [0.4, 0.5) is 13.2 Å². The second-order valence-corrected chi connectivity index (χ2v) is 18.3. The van der Waals surface area contributed by atoms with E-state index < -0.39 is 17.0 Å². The van der Waals surface area contributed by atoms with Crippen LogP contribution in [0.3, 0.4) is 0 Å². The SMILES string of the molecule is FC(F)(F)c1ccccc1COc1ccccc1CP(Br)(c1ccccc1)(c1ccccc1)c1ccccc1. The quantitative estimate of drug-likeness (QED) is 0.161. The average molecular weight is 607 g/mol. The Morgan fingerprint density at radius 2 is 0.949 bits per heavy atom. The summed E-state index contributed by atoms with van der Waals surface area (Å²) in [6, 6.07) is 44.3. The standard InChI is InChI=1S/C33H27BrF3OP/c34-39(28-16-4-1-5-17-28,29-18-6-2-7-19-29,30-20-8-3-9-21-30)25-27-15-11-13-23-32(27)38-24-26-14-10-12-22-31(26)33(35,36)37/h1-23H,24-25H2. The van der Waals surface area contributed by atoms with Gasteiger partial charge in [-0.2, -0.15) is 0 Å². The van der Waals surface area contributed by atoms with Crippen LogP contribution in [-0.4, -0.2) is 0 Å². The van der Waals surface area contributed by atoms with Crippen molar-refractivity contribution in [3.63, 3.8) is 0 Å². The van der Waals surface area contributed by atoms with Crippen molar-refractivity contribution in [1.82, 2.24) is 0 Å². The predicted molar refractivity (Wildman–Crippen MR) is 160 cm³/mol. The maximum absolute atomic E-state index is 13.6. The van der Waals surface area contributed by atoms with Gasteiger partial charge < -0.3 is 0 Å². The van der Waals surface area contributed by atoms with Crippen molar-refractivity contribution < 1.29 is 17.9 Å². The molecule has 0 amide bonds. The van der Waals surface area contributed by atoms with Crippen LogP contribution in [0.15, 0.2) is 140 Å². The number of rotatable bonds is 8. The molecule has 0 saturated heterocycles. The summed E-state index contributed by atoms with van der Waals surface area (Å²) in [4.78, 5) is 0. The Morgan fingerprint density at radius 3 is 1.44 bits per heavy atom. The molecule has 0 unspecified atom stereocenters. The number of ether oxygens (including phenoxy) is 1. The van der Waals surface area contributed by atoms with Crippen molar-refractivity contribution in [3.05, 3.63) is 156 Å². The van der Waals surface area contributed by atoms with Gasteiger partial charge in [0.25, 0.3) is 0 Å². The first-order chi connectivity index (χ1) is 18.8.